The maximum Gasteiger partial charge on any atom is 0.227 e. The number of hydrogen-bond donors (Lipinski definition) is 1. The van der Waals surface area contributed by atoms with Gasteiger partial charge in [0.2, 0.25) is 5.91 Å². The minimum atomic E-state index is -0.0496. The monoisotopic (exact) mass is 287 g/mol. The average Bonchev–Trinajstić information content (AvgIpc) is 2.47. The fourth-order valence-electron chi connectivity index (χ4n) is 1.99. The molecule has 1 N–H and O–H groups in total. The number of hydrogen-bond acceptors (Lipinski definition) is 1. The van der Waals surface area contributed by atoms with Gasteiger partial charge in [0, 0.05) is 16.6 Å². The molecule has 0 spiro atoms. The van der Waals surface area contributed by atoms with Crippen LogP contribution in [0, 0.1) is 5.92 Å². The summed E-state index contributed by atoms with van der Waals surface area (Å²) in [4.78, 5) is 12.1. The highest BCUT2D eigenvalue weighted by Crippen LogP contribution is 2.19. The van der Waals surface area contributed by atoms with Gasteiger partial charge in [-0.15, -0.1) is 0 Å². The van der Waals surface area contributed by atoms with Crippen molar-refractivity contribution in [1.82, 2.24) is 0 Å². The zero-order valence-corrected chi connectivity index (χ0v) is 12.2. The molecule has 2 aromatic rings. The number of halogens is 1. The van der Waals surface area contributed by atoms with Crippen LogP contribution in [0.2, 0.25) is 5.02 Å². The van der Waals surface area contributed by atoms with Crippen molar-refractivity contribution < 1.29 is 4.79 Å². The molecule has 2 aromatic carbocycles. The quantitative estimate of drug-likeness (QED) is 0.859. The van der Waals surface area contributed by atoms with Gasteiger partial charge in [-0.25, -0.2) is 0 Å². The predicted molar refractivity (Wildman–Crippen MR) is 84.0 cm³/mol. The molecule has 104 valence electrons. The minimum Gasteiger partial charge on any atom is -0.326 e. The molecule has 2 nitrogen and oxygen atoms in total. The molecule has 1 atom stereocenters. The van der Waals surface area contributed by atoms with E-state index in [1.54, 1.807) is 0 Å². The van der Waals surface area contributed by atoms with Crippen LogP contribution in [0.3, 0.4) is 0 Å². The highest BCUT2D eigenvalue weighted by atomic mass is 35.5. The molecule has 0 saturated carbocycles. The second kappa shape index (κ2) is 7.11. The summed E-state index contributed by atoms with van der Waals surface area (Å²) < 4.78 is 0. The lowest BCUT2D eigenvalue weighted by Crippen LogP contribution is -2.20. The molecule has 0 aliphatic heterocycles. The van der Waals surface area contributed by atoms with Crippen LogP contribution in [0.15, 0.2) is 54.6 Å². The van der Waals surface area contributed by atoms with Gasteiger partial charge >= 0.3 is 0 Å². The van der Waals surface area contributed by atoms with E-state index < -0.39 is 0 Å². The molecule has 3 heteroatoms. The van der Waals surface area contributed by atoms with Crippen molar-refractivity contribution in [2.75, 3.05) is 5.32 Å². The van der Waals surface area contributed by atoms with E-state index in [2.05, 4.69) is 5.32 Å². The van der Waals surface area contributed by atoms with E-state index in [4.69, 9.17) is 11.6 Å². The number of nitrogens with one attached hydrogen (secondary N) is 1. The first kappa shape index (κ1) is 14.6. The lowest BCUT2D eigenvalue weighted by atomic mass is 10.0. The first-order valence-corrected chi connectivity index (χ1v) is 7.14. The van der Waals surface area contributed by atoms with Crippen molar-refractivity contribution in [3.8, 4) is 0 Å². The molecule has 0 bridgehead atoms. The Hall–Kier alpha value is -1.80. The minimum absolute atomic E-state index is 0.0447. The highest BCUT2D eigenvalue weighted by Gasteiger charge is 2.13. The van der Waals surface area contributed by atoms with Gasteiger partial charge in [0.15, 0.2) is 0 Å². The lowest BCUT2D eigenvalue weighted by Gasteiger charge is -2.12. The number of amides is 1. The fourth-order valence-corrected chi connectivity index (χ4v) is 2.22. The second-order valence-electron chi connectivity index (χ2n) is 4.89. The summed E-state index contributed by atoms with van der Waals surface area (Å²) in [6.45, 7) is 1.94. The summed E-state index contributed by atoms with van der Waals surface area (Å²) >= 11 is 6.12. The summed E-state index contributed by atoms with van der Waals surface area (Å²) in [7, 11) is 0. The predicted octanol–water partition coefficient (Wildman–Crippen LogP) is 4.55. The number of benzene rings is 2. The van der Waals surface area contributed by atoms with Gasteiger partial charge < -0.3 is 5.32 Å². The fraction of sp³-hybridized carbons (Fsp3) is 0.235. The molecular weight excluding hydrogens is 270 g/mol. The second-order valence-corrected chi connectivity index (χ2v) is 5.29. The normalized spacial score (nSPS) is 11.9. The van der Waals surface area contributed by atoms with Crippen molar-refractivity contribution in [2.45, 2.75) is 19.8 Å². The number of anilines is 1. The molecule has 0 aliphatic carbocycles. The zero-order valence-electron chi connectivity index (χ0n) is 11.5. The Labute approximate surface area is 124 Å². The topological polar surface area (TPSA) is 29.1 Å². The Bertz CT molecular complexity index is 568. The molecule has 2 rings (SSSR count). The summed E-state index contributed by atoms with van der Waals surface area (Å²) in [5, 5.41) is 3.69. The third kappa shape index (κ3) is 4.10. The van der Waals surface area contributed by atoms with Crippen LogP contribution < -0.4 is 5.32 Å². The smallest absolute Gasteiger partial charge is 0.227 e. The number of aryl methyl sites for hydroxylation is 1. The van der Waals surface area contributed by atoms with E-state index in [0.29, 0.717) is 0 Å². The first-order chi connectivity index (χ1) is 9.66. The summed E-state index contributed by atoms with van der Waals surface area (Å²) in [6, 6.07) is 17.3. The number of carbonyl (C=O) groups is 1. The molecule has 0 radical (unpaired) electrons. The van der Waals surface area contributed by atoms with Gasteiger partial charge in [0.25, 0.3) is 0 Å². The van der Waals surface area contributed by atoms with Crippen LogP contribution in [0.4, 0.5) is 5.69 Å². The van der Waals surface area contributed by atoms with E-state index in [9.17, 15) is 4.79 Å². The molecule has 0 fully saturated rings. The maximum absolute atomic E-state index is 12.1. The Balaban J connectivity index is 1.87. The van der Waals surface area contributed by atoms with E-state index >= 15 is 0 Å². The van der Waals surface area contributed by atoms with Gasteiger partial charge in [-0.3, -0.25) is 4.79 Å². The van der Waals surface area contributed by atoms with Crippen molar-refractivity contribution in [2.24, 2.45) is 5.92 Å². The molecule has 1 unspecified atom stereocenters. The molecular formula is C17H18ClNO. The molecule has 1 amide bonds. The SMILES string of the molecule is CC(CCc1ccccc1Cl)C(=O)Nc1ccccc1. The summed E-state index contributed by atoms with van der Waals surface area (Å²) in [5.41, 5.74) is 1.93. The van der Waals surface area contributed by atoms with Gasteiger partial charge in [-0.2, -0.15) is 0 Å². The number of carbonyl (C=O) groups excluding carboxylic acids is 1. The van der Waals surface area contributed by atoms with Crippen LogP contribution in [0.5, 0.6) is 0 Å². The van der Waals surface area contributed by atoms with Crippen LogP contribution >= 0.6 is 11.6 Å². The van der Waals surface area contributed by atoms with Gasteiger partial charge in [-0.1, -0.05) is 54.9 Å². The summed E-state index contributed by atoms with van der Waals surface area (Å²) in [5.74, 6) is -0.00488. The third-order valence-corrected chi connectivity index (χ3v) is 3.66. The molecule has 20 heavy (non-hydrogen) atoms. The average molecular weight is 288 g/mol. The van der Waals surface area contributed by atoms with Crippen molar-refractivity contribution in [1.29, 1.82) is 0 Å². The van der Waals surface area contributed by atoms with Crippen LogP contribution in [0.25, 0.3) is 0 Å². The van der Waals surface area contributed by atoms with Gasteiger partial charge in [0.05, 0.1) is 0 Å². The van der Waals surface area contributed by atoms with E-state index in [1.807, 2.05) is 61.5 Å². The Kier molecular flexibility index (Phi) is 5.19. The number of para-hydroxylation sites is 1. The molecule has 0 heterocycles. The third-order valence-electron chi connectivity index (χ3n) is 3.29. The van der Waals surface area contributed by atoms with Crippen LogP contribution in [-0.4, -0.2) is 5.91 Å². The lowest BCUT2D eigenvalue weighted by molar-refractivity contribution is -0.119. The molecule has 0 saturated heterocycles. The van der Waals surface area contributed by atoms with Crippen molar-refractivity contribution in [3.63, 3.8) is 0 Å². The Morgan fingerprint density at radius 3 is 2.45 bits per heavy atom. The standard InChI is InChI=1S/C17H18ClNO/c1-13(11-12-14-7-5-6-10-16(14)18)17(20)19-15-8-3-2-4-9-15/h2-10,13H,11-12H2,1H3,(H,19,20). The van der Waals surface area contributed by atoms with Gasteiger partial charge in [-0.05, 0) is 36.6 Å². The van der Waals surface area contributed by atoms with E-state index in [1.165, 1.54) is 0 Å². The largest absolute Gasteiger partial charge is 0.326 e. The Morgan fingerprint density at radius 1 is 1.10 bits per heavy atom. The van der Waals surface area contributed by atoms with E-state index in [-0.39, 0.29) is 11.8 Å². The van der Waals surface area contributed by atoms with Crippen molar-refractivity contribution >= 4 is 23.2 Å². The Morgan fingerprint density at radius 2 is 1.75 bits per heavy atom. The molecule has 0 aliphatic rings. The maximum atomic E-state index is 12.1. The van der Waals surface area contributed by atoms with E-state index in [0.717, 1.165) is 29.1 Å². The van der Waals surface area contributed by atoms with Gasteiger partial charge in [0.1, 0.15) is 0 Å². The van der Waals surface area contributed by atoms with Crippen LogP contribution in [-0.2, 0) is 11.2 Å². The van der Waals surface area contributed by atoms with Crippen LogP contribution in [0.1, 0.15) is 18.9 Å². The highest BCUT2D eigenvalue weighted by molar-refractivity contribution is 6.31. The zero-order chi connectivity index (χ0) is 14.4. The first-order valence-electron chi connectivity index (χ1n) is 6.76. The molecule has 0 aromatic heterocycles. The summed E-state index contributed by atoms with van der Waals surface area (Å²) in [6.07, 6.45) is 1.59. The van der Waals surface area contributed by atoms with Crippen molar-refractivity contribution in [3.05, 3.63) is 65.2 Å². The number of rotatable bonds is 5.